The van der Waals surface area contributed by atoms with E-state index >= 15 is 0 Å². The lowest BCUT2D eigenvalue weighted by Crippen LogP contribution is -2.00. The van der Waals surface area contributed by atoms with Crippen LogP contribution in [-0.2, 0) is 6.61 Å². The van der Waals surface area contributed by atoms with Crippen LogP contribution in [0.2, 0.25) is 0 Å². The van der Waals surface area contributed by atoms with E-state index in [2.05, 4.69) is 0 Å². The molecule has 1 N–H and O–H groups in total. The van der Waals surface area contributed by atoms with Gasteiger partial charge in [-0.15, -0.1) is 0 Å². The second kappa shape index (κ2) is 6.33. The fourth-order valence-corrected chi connectivity index (χ4v) is 1.90. The Morgan fingerprint density at radius 3 is 2.62 bits per heavy atom. The number of hydrogen-bond donors (Lipinski definition) is 1. The van der Waals surface area contributed by atoms with Crippen LogP contribution in [0.1, 0.15) is 29.7 Å². The minimum absolute atomic E-state index is 0.0138. The highest BCUT2D eigenvalue weighted by Crippen LogP contribution is 2.22. The van der Waals surface area contributed by atoms with E-state index in [1.165, 1.54) is 31.2 Å². The Balaban J connectivity index is 2.12. The van der Waals surface area contributed by atoms with Gasteiger partial charge in [0.15, 0.2) is 0 Å². The molecule has 0 spiro atoms. The first-order chi connectivity index (χ1) is 9.99. The molecule has 0 aliphatic carbocycles. The Labute approximate surface area is 121 Å². The standard InChI is InChI=1S/C16H13F2NO2/c1-10(20)15-3-2-14(7-16(15)18)21-9-12-4-11(8-19)5-13(17)6-12/h2-7,10,20H,9H2,1H3. The fraction of sp³-hybridized carbons (Fsp3) is 0.188. The van der Waals surface area contributed by atoms with Crippen molar-refractivity contribution in [3.8, 4) is 11.8 Å². The number of aliphatic hydroxyl groups is 1. The van der Waals surface area contributed by atoms with Gasteiger partial charge in [0.1, 0.15) is 24.0 Å². The quantitative estimate of drug-likeness (QED) is 0.937. The number of halogens is 2. The molecule has 0 amide bonds. The van der Waals surface area contributed by atoms with Gasteiger partial charge in [0.25, 0.3) is 0 Å². The summed E-state index contributed by atoms with van der Waals surface area (Å²) in [5.41, 5.74) is 0.857. The summed E-state index contributed by atoms with van der Waals surface area (Å²) in [6.07, 6.45) is -0.902. The minimum atomic E-state index is -0.902. The van der Waals surface area contributed by atoms with E-state index in [0.29, 0.717) is 5.56 Å². The van der Waals surface area contributed by atoms with Gasteiger partial charge in [-0.25, -0.2) is 8.78 Å². The number of ether oxygens (including phenoxy) is 1. The molecule has 0 saturated heterocycles. The van der Waals surface area contributed by atoms with E-state index in [0.717, 1.165) is 12.1 Å². The zero-order chi connectivity index (χ0) is 15.4. The van der Waals surface area contributed by atoms with Gasteiger partial charge in [0.2, 0.25) is 0 Å². The number of nitrogens with zero attached hydrogens (tertiary/aromatic N) is 1. The Bertz CT molecular complexity index is 693. The Morgan fingerprint density at radius 2 is 2.00 bits per heavy atom. The maximum absolute atomic E-state index is 13.7. The summed E-state index contributed by atoms with van der Waals surface area (Å²) in [5.74, 6) is -0.831. The van der Waals surface area contributed by atoms with Gasteiger partial charge >= 0.3 is 0 Å². The summed E-state index contributed by atoms with van der Waals surface area (Å²) in [6, 6.07) is 9.85. The SMILES string of the molecule is CC(O)c1ccc(OCc2cc(F)cc(C#N)c2)cc1F. The summed E-state index contributed by atoms with van der Waals surface area (Å²) >= 11 is 0. The number of rotatable bonds is 4. The highest BCUT2D eigenvalue weighted by atomic mass is 19.1. The van der Waals surface area contributed by atoms with Crippen LogP contribution in [0.4, 0.5) is 8.78 Å². The number of aliphatic hydroxyl groups excluding tert-OH is 1. The minimum Gasteiger partial charge on any atom is -0.489 e. The number of nitriles is 1. The summed E-state index contributed by atoms with van der Waals surface area (Å²) in [5, 5.41) is 18.1. The number of hydrogen-bond acceptors (Lipinski definition) is 3. The monoisotopic (exact) mass is 289 g/mol. The average molecular weight is 289 g/mol. The topological polar surface area (TPSA) is 53.2 Å². The van der Waals surface area contributed by atoms with Gasteiger partial charge in [0, 0.05) is 11.6 Å². The fourth-order valence-electron chi connectivity index (χ4n) is 1.90. The van der Waals surface area contributed by atoms with Crippen LogP contribution in [-0.4, -0.2) is 5.11 Å². The van der Waals surface area contributed by atoms with Gasteiger partial charge in [-0.1, -0.05) is 0 Å². The molecule has 3 nitrogen and oxygen atoms in total. The molecule has 0 heterocycles. The molecule has 0 radical (unpaired) electrons. The predicted molar refractivity (Wildman–Crippen MR) is 72.5 cm³/mol. The normalized spacial score (nSPS) is 11.8. The zero-order valence-electron chi connectivity index (χ0n) is 11.3. The molecular formula is C16H13F2NO2. The van der Waals surface area contributed by atoms with Crippen molar-refractivity contribution in [2.75, 3.05) is 0 Å². The van der Waals surface area contributed by atoms with E-state index < -0.39 is 17.7 Å². The second-order valence-electron chi connectivity index (χ2n) is 4.61. The molecule has 2 rings (SSSR count). The predicted octanol–water partition coefficient (Wildman–Crippen LogP) is 3.47. The summed E-state index contributed by atoms with van der Waals surface area (Å²) in [6.45, 7) is 1.48. The first-order valence-electron chi connectivity index (χ1n) is 6.29. The third-order valence-corrected chi connectivity index (χ3v) is 2.91. The summed E-state index contributed by atoms with van der Waals surface area (Å²) in [4.78, 5) is 0. The van der Waals surface area contributed by atoms with Crippen molar-refractivity contribution < 1.29 is 18.6 Å². The van der Waals surface area contributed by atoms with Crippen LogP contribution < -0.4 is 4.74 Å². The van der Waals surface area contributed by atoms with Gasteiger partial charge in [-0.05, 0) is 42.8 Å². The molecule has 108 valence electrons. The van der Waals surface area contributed by atoms with Crippen molar-refractivity contribution in [3.05, 3.63) is 64.7 Å². The highest BCUT2D eigenvalue weighted by molar-refractivity contribution is 5.34. The summed E-state index contributed by atoms with van der Waals surface area (Å²) in [7, 11) is 0. The van der Waals surface area contributed by atoms with Crippen LogP contribution in [0.5, 0.6) is 5.75 Å². The second-order valence-corrected chi connectivity index (χ2v) is 4.61. The molecule has 0 aliphatic rings. The highest BCUT2D eigenvalue weighted by Gasteiger charge is 2.09. The van der Waals surface area contributed by atoms with E-state index in [1.807, 2.05) is 6.07 Å². The van der Waals surface area contributed by atoms with Crippen molar-refractivity contribution in [3.63, 3.8) is 0 Å². The molecular weight excluding hydrogens is 276 g/mol. The first kappa shape index (κ1) is 14.9. The van der Waals surface area contributed by atoms with Crippen molar-refractivity contribution in [2.24, 2.45) is 0 Å². The van der Waals surface area contributed by atoms with Crippen LogP contribution in [0.3, 0.4) is 0 Å². The van der Waals surface area contributed by atoms with Crippen LogP contribution in [0.15, 0.2) is 36.4 Å². The molecule has 0 bridgehead atoms. The molecule has 0 aromatic heterocycles. The van der Waals surface area contributed by atoms with Crippen molar-refractivity contribution >= 4 is 0 Å². The van der Waals surface area contributed by atoms with Gasteiger partial charge in [-0.2, -0.15) is 5.26 Å². The van der Waals surface area contributed by atoms with E-state index in [1.54, 1.807) is 0 Å². The zero-order valence-corrected chi connectivity index (χ0v) is 11.3. The van der Waals surface area contributed by atoms with Crippen molar-refractivity contribution in [1.29, 1.82) is 5.26 Å². The Hall–Kier alpha value is -2.45. The third-order valence-electron chi connectivity index (χ3n) is 2.91. The molecule has 5 heteroatoms. The molecule has 1 unspecified atom stereocenters. The van der Waals surface area contributed by atoms with Crippen molar-refractivity contribution in [1.82, 2.24) is 0 Å². The molecule has 2 aromatic rings. The molecule has 1 atom stereocenters. The Morgan fingerprint density at radius 1 is 1.24 bits per heavy atom. The van der Waals surface area contributed by atoms with Crippen LogP contribution in [0, 0.1) is 23.0 Å². The average Bonchev–Trinajstić information content (AvgIpc) is 2.44. The first-order valence-corrected chi connectivity index (χ1v) is 6.29. The maximum Gasteiger partial charge on any atom is 0.132 e. The molecule has 0 fully saturated rings. The van der Waals surface area contributed by atoms with Crippen LogP contribution >= 0.6 is 0 Å². The van der Waals surface area contributed by atoms with Crippen LogP contribution in [0.25, 0.3) is 0 Å². The smallest absolute Gasteiger partial charge is 0.132 e. The summed E-state index contributed by atoms with van der Waals surface area (Å²) < 4.78 is 32.3. The van der Waals surface area contributed by atoms with Gasteiger partial charge < -0.3 is 9.84 Å². The molecule has 0 saturated carbocycles. The van der Waals surface area contributed by atoms with Crippen molar-refractivity contribution in [2.45, 2.75) is 19.6 Å². The molecule has 21 heavy (non-hydrogen) atoms. The lowest BCUT2D eigenvalue weighted by molar-refractivity contribution is 0.194. The largest absolute Gasteiger partial charge is 0.489 e. The lowest BCUT2D eigenvalue weighted by Gasteiger charge is -2.10. The van der Waals surface area contributed by atoms with Gasteiger partial charge in [0.05, 0.1) is 17.7 Å². The lowest BCUT2D eigenvalue weighted by atomic mass is 10.1. The third kappa shape index (κ3) is 3.77. The molecule has 0 aliphatic heterocycles. The molecule has 2 aromatic carbocycles. The van der Waals surface area contributed by atoms with E-state index in [-0.39, 0.29) is 23.5 Å². The Kier molecular flexibility index (Phi) is 4.51. The van der Waals surface area contributed by atoms with E-state index in [4.69, 9.17) is 10.00 Å². The maximum atomic E-state index is 13.7. The number of benzene rings is 2. The van der Waals surface area contributed by atoms with Gasteiger partial charge in [-0.3, -0.25) is 0 Å². The van der Waals surface area contributed by atoms with E-state index in [9.17, 15) is 13.9 Å².